The van der Waals surface area contributed by atoms with Gasteiger partial charge in [0.25, 0.3) is 0 Å². The number of hydrogen-bond donors (Lipinski definition) is 0. The monoisotopic (exact) mass is 383 g/mol. The first-order valence-electron chi connectivity index (χ1n) is 9.89. The van der Waals surface area contributed by atoms with Gasteiger partial charge in [-0.3, -0.25) is 4.79 Å². The van der Waals surface area contributed by atoms with Gasteiger partial charge >= 0.3 is 0 Å². The number of amides is 1. The van der Waals surface area contributed by atoms with Gasteiger partial charge in [-0.15, -0.1) is 0 Å². The zero-order valence-corrected chi connectivity index (χ0v) is 18.9. The van der Waals surface area contributed by atoms with Crippen molar-refractivity contribution >= 4 is 14.2 Å². The van der Waals surface area contributed by atoms with Gasteiger partial charge in [0.15, 0.2) is 5.79 Å². The van der Waals surface area contributed by atoms with E-state index in [0.29, 0.717) is 23.2 Å². The average molecular weight is 384 g/mol. The Morgan fingerprint density at radius 2 is 1.69 bits per heavy atom. The van der Waals surface area contributed by atoms with Gasteiger partial charge in [0.05, 0.1) is 18.8 Å². The highest BCUT2D eigenvalue weighted by Crippen LogP contribution is 2.45. The van der Waals surface area contributed by atoms with Crippen molar-refractivity contribution in [2.24, 2.45) is 0 Å². The number of ether oxygens (including phenoxy) is 2. The smallest absolute Gasteiger partial charge is 0.223 e. The lowest BCUT2D eigenvalue weighted by Crippen LogP contribution is -2.63. The Morgan fingerprint density at radius 1 is 1.15 bits per heavy atom. The van der Waals surface area contributed by atoms with Crippen LogP contribution in [0.15, 0.2) is 12.3 Å². The van der Waals surface area contributed by atoms with Crippen LogP contribution >= 0.6 is 0 Å². The molecule has 0 aromatic rings. The molecule has 0 aromatic carbocycles. The van der Waals surface area contributed by atoms with Crippen molar-refractivity contribution in [3.63, 3.8) is 0 Å². The molecule has 2 heterocycles. The van der Waals surface area contributed by atoms with Gasteiger partial charge in [-0.25, -0.2) is 0 Å². The SMILES string of the molecule is CC(=O)N1C=C[C@H](O[Si](C(C)C)(C(C)C)C(C)C)[C@@H]2OC(C)(C)OC[C@@H]21. The molecule has 0 unspecified atom stereocenters. The summed E-state index contributed by atoms with van der Waals surface area (Å²) in [6.45, 7) is 19.6. The van der Waals surface area contributed by atoms with Crippen molar-refractivity contribution < 1.29 is 18.7 Å². The minimum Gasteiger partial charge on any atom is -0.407 e. The van der Waals surface area contributed by atoms with Crippen molar-refractivity contribution in [3.8, 4) is 0 Å². The highest BCUT2D eigenvalue weighted by atomic mass is 28.4. The summed E-state index contributed by atoms with van der Waals surface area (Å²) in [7, 11) is -2.06. The Kier molecular flexibility index (Phi) is 6.43. The molecule has 26 heavy (non-hydrogen) atoms. The molecular weight excluding hydrogens is 346 g/mol. The molecule has 6 heteroatoms. The average Bonchev–Trinajstić information content (AvgIpc) is 2.50. The van der Waals surface area contributed by atoms with Gasteiger partial charge in [0.2, 0.25) is 14.2 Å². The maximum Gasteiger partial charge on any atom is 0.223 e. The van der Waals surface area contributed by atoms with E-state index in [9.17, 15) is 4.79 Å². The van der Waals surface area contributed by atoms with Crippen LogP contribution in [0.4, 0.5) is 0 Å². The van der Waals surface area contributed by atoms with Crippen LogP contribution in [0.25, 0.3) is 0 Å². The normalized spacial score (nSPS) is 28.8. The summed E-state index contributed by atoms with van der Waals surface area (Å²) in [6, 6.07) is -0.145. The Balaban J connectivity index is 2.40. The van der Waals surface area contributed by atoms with E-state index in [2.05, 4.69) is 41.5 Å². The van der Waals surface area contributed by atoms with E-state index >= 15 is 0 Å². The minimum absolute atomic E-state index is 0.00157. The maximum absolute atomic E-state index is 12.1. The third-order valence-corrected chi connectivity index (χ3v) is 12.0. The lowest BCUT2D eigenvalue weighted by atomic mass is 9.99. The molecule has 0 N–H and O–H groups in total. The largest absolute Gasteiger partial charge is 0.407 e. The van der Waals surface area contributed by atoms with Crippen molar-refractivity contribution in [1.82, 2.24) is 4.90 Å². The van der Waals surface area contributed by atoms with Gasteiger partial charge in [-0.1, -0.05) is 41.5 Å². The molecule has 1 amide bonds. The number of rotatable bonds is 5. The molecule has 0 aromatic heterocycles. The topological polar surface area (TPSA) is 48.0 Å². The van der Waals surface area contributed by atoms with E-state index < -0.39 is 14.1 Å². The molecule has 0 spiro atoms. The summed E-state index contributed by atoms with van der Waals surface area (Å²) in [5.74, 6) is -0.671. The predicted molar refractivity (Wildman–Crippen MR) is 106 cm³/mol. The lowest BCUT2D eigenvalue weighted by Gasteiger charge is -2.52. The Bertz CT molecular complexity index is 522. The van der Waals surface area contributed by atoms with E-state index in [0.717, 1.165) is 0 Å². The Morgan fingerprint density at radius 3 is 2.15 bits per heavy atom. The van der Waals surface area contributed by atoms with E-state index in [1.54, 1.807) is 11.8 Å². The molecule has 3 atom stereocenters. The molecule has 0 saturated carbocycles. The number of fused-ring (bicyclic) bond motifs is 1. The van der Waals surface area contributed by atoms with Crippen LogP contribution < -0.4 is 0 Å². The van der Waals surface area contributed by atoms with Crippen LogP contribution in [0.1, 0.15) is 62.3 Å². The van der Waals surface area contributed by atoms with Crippen molar-refractivity contribution in [3.05, 3.63) is 12.3 Å². The van der Waals surface area contributed by atoms with Crippen LogP contribution in [0.5, 0.6) is 0 Å². The van der Waals surface area contributed by atoms with E-state index in [-0.39, 0.29) is 24.2 Å². The summed E-state index contributed by atoms with van der Waals surface area (Å²) >= 11 is 0. The van der Waals surface area contributed by atoms with E-state index in [1.165, 1.54) is 0 Å². The molecule has 1 fully saturated rings. The quantitative estimate of drug-likeness (QED) is 0.658. The highest BCUT2D eigenvalue weighted by Gasteiger charge is 2.51. The minimum atomic E-state index is -2.06. The number of carbonyl (C=O) groups excluding carboxylic acids is 1. The first-order valence-corrected chi connectivity index (χ1v) is 12.0. The summed E-state index contributed by atoms with van der Waals surface area (Å²) in [5.41, 5.74) is 1.48. The third-order valence-electron chi connectivity index (χ3n) is 5.93. The van der Waals surface area contributed by atoms with Crippen LogP contribution in [0.2, 0.25) is 16.6 Å². The molecule has 2 aliphatic rings. The summed E-state index contributed by atoms with van der Waals surface area (Å²) in [5, 5.41) is 0. The summed E-state index contributed by atoms with van der Waals surface area (Å²) in [4.78, 5) is 13.8. The molecule has 1 saturated heterocycles. The number of carbonyl (C=O) groups is 1. The second-order valence-corrected chi connectivity index (χ2v) is 14.4. The summed E-state index contributed by atoms with van der Waals surface area (Å²) in [6.07, 6.45) is 3.51. The molecule has 0 bridgehead atoms. The van der Waals surface area contributed by atoms with Crippen molar-refractivity contribution in [1.29, 1.82) is 0 Å². The van der Waals surface area contributed by atoms with Gasteiger partial charge < -0.3 is 18.8 Å². The van der Waals surface area contributed by atoms with Crippen LogP contribution in [0, 0.1) is 0 Å². The van der Waals surface area contributed by atoms with Crippen LogP contribution in [-0.4, -0.2) is 49.8 Å². The zero-order valence-electron chi connectivity index (χ0n) is 17.9. The van der Waals surface area contributed by atoms with Crippen molar-refractivity contribution in [2.75, 3.05) is 6.61 Å². The van der Waals surface area contributed by atoms with Gasteiger partial charge in [-0.05, 0) is 36.5 Å². The number of nitrogens with zero attached hydrogens (tertiary/aromatic N) is 1. The fourth-order valence-electron chi connectivity index (χ4n) is 4.83. The molecule has 5 nitrogen and oxygen atoms in total. The Labute approximate surface area is 160 Å². The predicted octanol–water partition coefficient (Wildman–Crippen LogP) is 4.44. The second kappa shape index (κ2) is 7.74. The molecule has 2 aliphatic heterocycles. The fourth-order valence-corrected chi connectivity index (χ4v) is 10.3. The molecule has 0 aliphatic carbocycles. The Hall–Kier alpha value is -0.693. The third kappa shape index (κ3) is 3.93. The van der Waals surface area contributed by atoms with Crippen molar-refractivity contribution in [2.45, 2.75) is 103 Å². The number of hydrogen-bond acceptors (Lipinski definition) is 4. The maximum atomic E-state index is 12.1. The van der Waals surface area contributed by atoms with Gasteiger partial charge in [-0.2, -0.15) is 0 Å². The van der Waals surface area contributed by atoms with Crippen LogP contribution in [-0.2, 0) is 18.7 Å². The standard InChI is InChI=1S/C20H37NO4Si/c1-13(2)26(14(3)4,15(5)6)25-18-10-11-21(16(7)22)17-12-23-20(8,9)24-19(17)18/h10-11,13-15,17-19H,12H2,1-9H3/t17-,18-,19+/m0/s1. The van der Waals surface area contributed by atoms with Gasteiger partial charge in [0, 0.05) is 13.1 Å². The molecular formula is C20H37NO4Si. The lowest BCUT2D eigenvalue weighted by molar-refractivity contribution is -0.302. The molecule has 2 rings (SSSR count). The fraction of sp³-hybridized carbons (Fsp3) is 0.850. The molecule has 150 valence electrons. The highest BCUT2D eigenvalue weighted by molar-refractivity contribution is 6.77. The van der Waals surface area contributed by atoms with E-state index in [4.69, 9.17) is 13.9 Å². The summed E-state index contributed by atoms with van der Waals surface area (Å²) < 4.78 is 19.1. The first-order chi connectivity index (χ1) is 11.9. The van der Waals surface area contributed by atoms with Crippen LogP contribution in [0.3, 0.4) is 0 Å². The molecule has 0 radical (unpaired) electrons. The zero-order chi connectivity index (χ0) is 19.9. The first kappa shape index (κ1) is 21.6. The second-order valence-electron chi connectivity index (χ2n) is 9.03. The van der Waals surface area contributed by atoms with E-state index in [1.807, 2.05) is 26.1 Å². The van der Waals surface area contributed by atoms with Gasteiger partial charge in [0.1, 0.15) is 6.10 Å².